The predicted molar refractivity (Wildman–Crippen MR) is 81.2 cm³/mol. The van der Waals surface area contributed by atoms with Crippen molar-refractivity contribution in [1.82, 2.24) is 19.9 Å². The third-order valence-electron chi connectivity index (χ3n) is 3.05. The number of fused-ring (bicyclic) bond motifs is 1. The highest BCUT2D eigenvalue weighted by Gasteiger charge is 2.05. The molecule has 0 spiro atoms. The van der Waals surface area contributed by atoms with Gasteiger partial charge < -0.3 is 15.0 Å². The summed E-state index contributed by atoms with van der Waals surface area (Å²) in [6.07, 6.45) is 4.12. The number of aromatic nitrogens is 4. The first-order valence-electron chi connectivity index (χ1n) is 6.96. The van der Waals surface area contributed by atoms with Gasteiger partial charge in [0, 0.05) is 6.54 Å². The molecular weight excluding hydrogens is 266 g/mol. The van der Waals surface area contributed by atoms with Crippen LogP contribution in [0.5, 0.6) is 5.75 Å². The number of H-pyrrole nitrogens is 1. The fourth-order valence-corrected chi connectivity index (χ4v) is 2.05. The Bertz CT molecular complexity index is 725. The van der Waals surface area contributed by atoms with Crippen LogP contribution in [0.2, 0.25) is 0 Å². The number of rotatable bonds is 6. The molecule has 1 aromatic carbocycles. The summed E-state index contributed by atoms with van der Waals surface area (Å²) in [6.45, 7) is 3.49. The van der Waals surface area contributed by atoms with Crippen LogP contribution in [0.1, 0.15) is 18.9 Å². The van der Waals surface area contributed by atoms with E-state index in [2.05, 4.69) is 38.2 Å². The van der Waals surface area contributed by atoms with Gasteiger partial charge in [0.1, 0.15) is 17.6 Å². The van der Waals surface area contributed by atoms with Gasteiger partial charge in [-0.05, 0) is 24.1 Å². The van der Waals surface area contributed by atoms with Gasteiger partial charge in [-0.25, -0.2) is 15.0 Å². The molecule has 2 heterocycles. The van der Waals surface area contributed by atoms with Crippen LogP contribution in [-0.2, 0) is 6.54 Å². The number of hydrogen-bond donors (Lipinski definition) is 2. The van der Waals surface area contributed by atoms with Crippen LogP contribution >= 0.6 is 0 Å². The molecule has 0 saturated carbocycles. The van der Waals surface area contributed by atoms with Crippen molar-refractivity contribution in [1.29, 1.82) is 0 Å². The second-order valence-electron chi connectivity index (χ2n) is 4.67. The number of nitrogens with one attached hydrogen (secondary N) is 2. The van der Waals surface area contributed by atoms with Gasteiger partial charge >= 0.3 is 0 Å². The summed E-state index contributed by atoms with van der Waals surface area (Å²) < 4.78 is 5.64. The molecule has 21 heavy (non-hydrogen) atoms. The molecule has 6 nitrogen and oxygen atoms in total. The highest BCUT2D eigenvalue weighted by atomic mass is 16.5. The minimum Gasteiger partial charge on any atom is -0.494 e. The lowest BCUT2D eigenvalue weighted by Gasteiger charge is -2.09. The van der Waals surface area contributed by atoms with Crippen molar-refractivity contribution in [3.05, 3.63) is 42.5 Å². The number of benzene rings is 1. The Hall–Kier alpha value is -2.63. The molecule has 0 radical (unpaired) electrons. The van der Waals surface area contributed by atoms with E-state index in [1.54, 1.807) is 6.33 Å². The maximum absolute atomic E-state index is 5.64. The molecular formula is C15H17N5O. The fourth-order valence-electron chi connectivity index (χ4n) is 2.05. The molecule has 0 aliphatic rings. The number of anilines is 1. The van der Waals surface area contributed by atoms with E-state index >= 15 is 0 Å². The molecule has 0 unspecified atom stereocenters. The summed E-state index contributed by atoms with van der Waals surface area (Å²) in [6, 6.07) is 8.05. The molecule has 0 aliphatic heterocycles. The van der Waals surface area contributed by atoms with Gasteiger partial charge in [-0.15, -0.1) is 0 Å². The van der Waals surface area contributed by atoms with Gasteiger partial charge in [-0.3, -0.25) is 0 Å². The number of ether oxygens (including phenoxy) is 1. The van der Waals surface area contributed by atoms with Crippen molar-refractivity contribution < 1.29 is 4.74 Å². The van der Waals surface area contributed by atoms with Crippen molar-refractivity contribution in [2.24, 2.45) is 0 Å². The van der Waals surface area contributed by atoms with Gasteiger partial charge in [-0.1, -0.05) is 19.1 Å². The van der Waals surface area contributed by atoms with Crippen LogP contribution < -0.4 is 10.1 Å². The van der Waals surface area contributed by atoms with Gasteiger partial charge in [0.05, 0.1) is 12.9 Å². The smallest absolute Gasteiger partial charge is 0.182 e. The molecule has 0 fully saturated rings. The van der Waals surface area contributed by atoms with Crippen molar-refractivity contribution in [2.75, 3.05) is 11.9 Å². The molecule has 6 heteroatoms. The summed E-state index contributed by atoms with van der Waals surface area (Å²) in [4.78, 5) is 15.5. The standard InChI is InChI=1S/C15H17N5O/c1-2-6-21-12-5-3-4-11(7-12)8-16-14-13-15(18-9-17-13)20-10-19-14/h3-5,7,9-10H,2,6,8H2,1H3,(H2,16,17,18,19,20). The summed E-state index contributed by atoms with van der Waals surface area (Å²) in [7, 11) is 0. The molecule has 2 N–H and O–H groups in total. The molecule has 0 amide bonds. The maximum atomic E-state index is 5.64. The Kier molecular flexibility index (Phi) is 3.95. The Balaban J connectivity index is 1.71. The van der Waals surface area contributed by atoms with E-state index < -0.39 is 0 Å². The second-order valence-corrected chi connectivity index (χ2v) is 4.67. The van der Waals surface area contributed by atoms with Crippen molar-refractivity contribution in [2.45, 2.75) is 19.9 Å². The summed E-state index contributed by atoms with van der Waals surface area (Å²) in [5, 5.41) is 3.30. The number of nitrogens with zero attached hydrogens (tertiary/aromatic N) is 3. The Morgan fingerprint density at radius 2 is 2.19 bits per heavy atom. The normalized spacial score (nSPS) is 10.7. The van der Waals surface area contributed by atoms with Gasteiger partial charge in [0.2, 0.25) is 0 Å². The summed E-state index contributed by atoms with van der Waals surface area (Å²) >= 11 is 0. The first-order valence-corrected chi connectivity index (χ1v) is 6.96. The SMILES string of the molecule is CCCOc1cccc(CNc2ncnc3nc[nH]c23)c1. The molecule has 0 bridgehead atoms. The van der Waals surface area contributed by atoms with Crippen LogP contribution in [0.3, 0.4) is 0 Å². The van der Waals surface area contributed by atoms with Crippen LogP contribution in [0.4, 0.5) is 5.82 Å². The highest BCUT2D eigenvalue weighted by molar-refractivity contribution is 5.81. The Morgan fingerprint density at radius 1 is 1.24 bits per heavy atom. The number of hydrogen-bond acceptors (Lipinski definition) is 5. The molecule has 3 rings (SSSR count). The number of imidazole rings is 1. The van der Waals surface area contributed by atoms with Crippen LogP contribution in [-0.4, -0.2) is 26.5 Å². The van der Waals surface area contributed by atoms with E-state index in [1.165, 1.54) is 6.33 Å². The first kappa shape index (κ1) is 13.4. The van der Waals surface area contributed by atoms with Gasteiger partial charge in [-0.2, -0.15) is 0 Å². The van der Waals surface area contributed by atoms with E-state index in [0.29, 0.717) is 12.2 Å². The highest BCUT2D eigenvalue weighted by Crippen LogP contribution is 2.17. The quantitative estimate of drug-likeness (QED) is 0.727. The molecule has 3 aromatic rings. The van der Waals surface area contributed by atoms with Crippen molar-refractivity contribution in [3.63, 3.8) is 0 Å². The van der Waals surface area contributed by atoms with Crippen LogP contribution in [0.15, 0.2) is 36.9 Å². The zero-order chi connectivity index (χ0) is 14.5. The lowest BCUT2D eigenvalue weighted by atomic mass is 10.2. The zero-order valence-corrected chi connectivity index (χ0v) is 11.8. The number of aromatic amines is 1. The lowest BCUT2D eigenvalue weighted by Crippen LogP contribution is -2.03. The topological polar surface area (TPSA) is 75.7 Å². The van der Waals surface area contributed by atoms with E-state index in [1.807, 2.05) is 18.2 Å². The fraction of sp³-hybridized carbons (Fsp3) is 0.267. The Morgan fingerprint density at radius 3 is 3.10 bits per heavy atom. The monoisotopic (exact) mass is 283 g/mol. The lowest BCUT2D eigenvalue weighted by molar-refractivity contribution is 0.317. The van der Waals surface area contributed by atoms with E-state index in [0.717, 1.165) is 35.7 Å². The van der Waals surface area contributed by atoms with E-state index in [-0.39, 0.29) is 0 Å². The van der Waals surface area contributed by atoms with Crippen molar-refractivity contribution in [3.8, 4) is 5.75 Å². The summed E-state index contributed by atoms with van der Waals surface area (Å²) in [5.74, 6) is 1.64. The van der Waals surface area contributed by atoms with E-state index in [9.17, 15) is 0 Å². The summed E-state index contributed by atoms with van der Waals surface area (Å²) in [5.41, 5.74) is 2.61. The first-order chi connectivity index (χ1) is 10.4. The Labute approximate surface area is 122 Å². The minimum absolute atomic E-state index is 0.660. The molecule has 0 aliphatic carbocycles. The predicted octanol–water partition coefficient (Wildman–Crippen LogP) is 2.75. The molecule has 108 valence electrons. The van der Waals surface area contributed by atoms with Crippen molar-refractivity contribution >= 4 is 17.0 Å². The molecule has 2 aromatic heterocycles. The second kappa shape index (κ2) is 6.21. The van der Waals surface area contributed by atoms with Gasteiger partial charge in [0.25, 0.3) is 0 Å². The third kappa shape index (κ3) is 3.10. The van der Waals surface area contributed by atoms with E-state index in [4.69, 9.17) is 4.74 Å². The third-order valence-corrected chi connectivity index (χ3v) is 3.05. The van der Waals surface area contributed by atoms with Crippen LogP contribution in [0, 0.1) is 0 Å². The van der Waals surface area contributed by atoms with Crippen LogP contribution in [0.25, 0.3) is 11.2 Å². The molecule has 0 atom stereocenters. The molecule has 0 saturated heterocycles. The maximum Gasteiger partial charge on any atom is 0.182 e. The zero-order valence-electron chi connectivity index (χ0n) is 11.8. The minimum atomic E-state index is 0.660. The van der Waals surface area contributed by atoms with Gasteiger partial charge in [0.15, 0.2) is 11.5 Å². The average Bonchev–Trinajstić information content (AvgIpc) is 3.00. The average molecular weight is 283 g/mol. The largest absolute Gasteiger partial charge is 0.494 e.